The van der Waals surface area contributed by atoms with Crippen molar-refractivity contribution in [1.82, 2.24) is 14.4 Å². The predicted molar refractivity (Wildman–Crippen MR) is 160 cm³/mol. The maximum atomic E-state index is 13.3. The molecule has 0 bridgehead atoms. The number of hydroxylamine groups is 1. The molecule has 2 N–H and O–H groups in total. The molecule has 2 aliphatic rings. The first-order valence-corrected chi connectivity index (χ1v) is 16.3. The summed E-state index contributed by atoms with van der Waals surface area (Å²) >= 11 is 0. The van der Waals surface area contributed by atoms with Crippen LogP contribution in [0.4, 0.5) is 17.1 Å². The fraction of sp³-hybridized carbons (Fsp3) is 0.679. The van der Waals surface area contributed by atoms with Crippen molar-refractivity contribution in [3.8, 4) is 0 Å². The highest BCUT2D eigenvalue weighted by Gasteiger charge is 2.32. The minimum atomic E-state index is -3.50. The molecule has 226 valence electrons. The van der Waals surface area contributed by atoms with Crippen LogP contribution in [0.5, 0.6) is 0 Å². The number of hydrogen-bond donors (Lipinski definition) is 2. The van der Waals surface area contributed by atoms with Crippen molar-refractivity contribution in [1.29, 1.82) is 0 Å². The number of aromatic nitrogens is 1. The molecule has 2 fully saturated rings. The topological polar surface area (TPSA) is 130 Å². The van der Waals surface area contributed by atoms with Gasteiger partial charge in [0.1, 0.15) is 11.4 Å². The lowest BCUT2D eigenvalue weighted by Gasteiger charge is -2.33. The van der Waals surface area contributed by atoms with E-state index in [0.29, 0.717) is 50.7 Å². The molecule has 2 aromatic rings. The van der Waals surface area contributed by atoms with Crippen LogP contribution in [0.3, 0.4) is 0 Å². The summed E-state index contributed by atoms with van der Waals surface area (Å²) < 4.78 is 33.3. The van der Waals surface area contributed by atoms with Gasteiger partial charge in [0.15, 0.2) is 0 Å². The summed E-state index contributed by atoms with van der Waals surface area (Å²) in [7, 11) is -3.50. The van der Waals surface area contributed by atoms with Gasteiger partial charge in [-0.25, -0.2) is 8.42 Å². The zero-order valence-electron chi connectivity index (χ0n) is 23.3. The van der Waals surface area contributed by atoms with E-state index >= 15 is 0 Å². The van der Waals surface area contributed by atoms with Crippen LogP contribution in [0.25, 0.3) is 0 Å². The van der Waals surface area contributed by atoms with Crippen LogP contribution in [0, 0.1) is 0 Å². The molecule has 1 aliphatic carbocycles. The number of hydrogen-bond acceptors (Lipinski definition) is 10. The molecule has 0 amide bonds. The van der Waals surface area contributed by atoms with Gasteiger partial charge < -0.3 is 15.4 Å². The maximum absolute atomic E-state index is 13.3. The summed E-state index contributed by atoms with van der Waals surface area (Å²) in [5, 5.41) is 6.06. The highest BCUT2D eigenvalue weighted by Crippen LogP contribution is 2.26. The van der Waals surface area contributed by atoms with E-state index in [0.717, 1.165) is 70.9 Å². The van der Waals surface area contributed by atoms with Crippen LogP contribution in [0.1, 0.15) is 67.1 Å². The molecule has 12 heteroatoms. The van der Waals surface area contributed by atoms with Crippen LogP contribution < -0.4 is 21.5 Å². The highest BCUT2D eigenvalue weighted by atomic mass is 32.2. The van der Waals surface area contributed by atoms with Crippen molar-refractivity contribution < 1.29 is 20.8 Å². The first kappa shape index (κ1) is 30.6. The predicted octanol–water partition coefficient (Wildman–Crippen LogP) is 3.50. The number of anilines is 3. The van der Waals surface area contributed by atoms with E-state index < -0.39 is 20.9 Å². The number of nitrogens with zero attached hydrogens (tertiary/aromatic N) is 3. The van der Waals surface area contributed by atoms with Gasteiger partial charge in [-0.05, 0) is 37.8 Å². The summed E-state index contributed by atoms with van der Waals surface area (Å²) in [6.07, 6.45) is 12.2. The van der Waals surface area contributed by atoms with Crippen molar-refractivity contribution in [2.24, 2.45) is 0 Å². The number of nitrogens with one attached hydrogen (secondary N) is 2. The lowest BCUT2D eigenvalue weighted by atomic mass is 9.96. The second kappa shape index (κ2) is 15.6. The molecule has 0 spiro atoms. The second-order valence-corrected chi connectivity index (χ2v) is 12.5. The van der Waals surface area contributed by atoms with Gasteiger partial charge in [0.2, 0.25) is 10.0 Å². The summed E-state index contributed by atoms with van der Waals surface area (Å²) in [6, 6.07) is 3.39. The Bertz CT molecular complexity index is 1220. The Morgan fingerprint density at radius 3 is 2.40 bits per heavy atom. The Morgan fingerprint density at radius 2 is 1.65 bits per heavy atom. The zero-order chi connectivity index (χ0) is 28.2. The number of rotatable bonds is 17. The van der Waals surface area contributed by atoms with Crippen molar-refractivity contribution in [3.63, 3.8) is 0 Å². The Kier molecular flexibility index (Phi) is 11.9. The summed E-state index contributed by atoms with van der Waals surface area (Å²) in [4.78, 5) is 36.1. The van der Waals surface area contributed by atoms with Crippen molar-refractivity contribution in [2.45, 2.75) is 70.3 Å². The molecule has 1 aliphatic heterocycles. The van der Waals surface area contributed by atoms with Crippen molar-refractivity contribution in [2.75, 3.05) is 62.4 Å². The molecule has 2 heterocycles. The SMILES string of the molecule is O=c1c(NCCCCCCCS(=O)(=O)N(OCCN2CCOCC2)C2CCCCC2)c(Nc2ccncc2)c1=O.[HH].[HH]. The second-order valence-electron chi connectivity index (χ2n) is 10.6. The van der Waals surface area contributed by atoms with E-state index in [1.807, 2.05) is 0 Å². The van der Waals surface area contributed by atoms with Gasteiger partial charge in [-0.15, -0.1) is 0 Å². The molecule has 40 heavy (non-hydrogen) atoms. The summed E-state index contributed by atoms with van der Waals surface area (Å²) in [6.45, 7) is 4.76. The molecule has 4 rings (SSSR count). The highest BCUT2D eigenvalue weighted by molar-refractivity contribution is 7.88. The molecule has 0 atom stereocenters. The van der Waals surface area contributed by atoms with Gasteiger partial charge in [-0.3, -0.25) is 24.3 Å². The lowest BCUT2D eigenvalue weighted by Crippen LogP contribution is -2.45. The van der Waals surface area contributed by atoms with E-state index in [1.165, 1.54) is 4.47 Å². The van der Waals surface area contributed by atoms with Crippen molar-refractivity contribution >= 4 is 27.1 Å². The number of morpholine rings is 1. The van der Waals surface area contributed by atoms with Gasteiger partial charge in [0.25, 0.3) is 10.9 Å². The van der Waals surface area contributed by atoms with E-state index in [4.69, 9.17) is 9.57 Å². The third-order valence-electron chi connectivity index (χ3n) is 7.62. The molecule has 1 aromatic heterocycles. The third kappa shape index (κ3) is 8.81. The number of ether oxygens (including phenoxy) is 1. The van der Waals surface area contributed by atoms with Crippen LogP contribution in [-0.4, -0.2) is 80.6 Å². The molecule has 0 radical (unpaired) electrons. The summed E-state index contributed by atoms with van der Waals surface area (Å²) in [5.41, 5.74) is 0.286. The quantitative estimate of drug-likeness (QED) is 0.163. The first-order chi connectivity index (χ1) is 19.5. The normalized spacial score (nSPS) is 17.4. The minimum Gasteiger partial charge on any atom is -0.380 e. The lowest BCUT2D eigenvalue weighted by molar-refractivity contribution is -0.126. The zero-order valence-corrected chi connectivity index (χ0v) is 24.1. The number of sulfonamides is 1. The van der Waals surface area contributed by atoms with Crippen LogP contribution in [-0.2, 0) is 19.6 Å². The van der Waals surface area contributed by atoms with E-state index in [9.17, 15) is 18.0 Å². The number of pyridine rings is 1. The Morgan fingerprint density at radius 1 is 0.975 bits per heavy atom. The molecule has 1 saturated carbocycles. The average molecular weight is 582 g/mol. The van der Waals surface area contributed by atoms with Gasteiger partial charge >= 0.3 is 0 Å². The molecule has 1 saturated heterocycles. The average Bonchev–Trinajstić information content (AvgIpc) is 2.99. The Hall–Kier alpha value is -2.38. The fourth-order valence-corrected chi connectivity index (χ4v) is 6.94. The standard InChI is InChI=1S/C28H43N5O6S.2H2/c34-27-25(26(28(27)35)31-23-11-14-29-15-12-23)30-13-7-2-1-3-8-22-40(36,37)33(24-9-5-4-6-10-24)39-21-18-32-16-19-38-20-17-32;;/h11-12,14-15,24,30H,1-10,13,16-22H2,(H,29,31);2*1H. The fourth-order valence-electron chi connectivity index (χ4n) is 5.29. The van der Waals surface area contributed by atoms with E-state index in [-0.39, 0.29) is 20.3 Å². The minimum absolute atomic E-state index is 0. The molecule has 0 unspecified atom stereocenters. The van der Waals surface area contributed by atoms with Gasteiger partial charge in [0, 0.05) is 47.1 Å². The maximum Gasteiger partial charge on any atom is 0.253 e. The van der Waals surface area contributed by atoms with Gasteiger partial charge in [0.05, 0.1) is 31.6 Å². The molecule has 11 nitrogen and oxygen atoms in total. The van der Waals surface area contributed by atoms with Crippen molar-refractivity contribution in [3.05, 3.63) is 45.0 Å². The first-order valence-electron chi connectivity index (χ1n) is 14.6. The molecular formula is C28H47N5O6S. The monoisotopic (exact) mass is 581 g/mol. The molecule has 1 aromatic carbocycles. The van der Waals surface area contributed by atoms with Gasteiger partial charge in [-0.2, -0.15) is 0 Å². The van der Waals surface area contributed by atoms with Crippen LogP contribution >= 0.6 is 0 Å². The third-order valence-corrected chi connectivity index (χ3v) is 9.37. The molecular weight excluding hydrogens is 534 g/mol. The summed E-state index contributed by atoms with van der Waals surface area (Å²) in [5.74, 6) is 0.0901. The van der Waals surface area contributed by atoms with E-state index in [2.05, 4.69) is 20.5 Å². The van der Waals surface area contributed by atoms with Gasteiger partial charge in [-0.1, -0.05) is 43.0 Å². The van der Waals surface area contributed by atoms with E-state index in [1.54, 1.807) is 24.5 Å². The van der Waals surface area contributed by atoms with Crippen LogP contribution in [0.2, 0.25) is 0 Å². The largest absolute Gasteiger partial charge is 0.380 e. The van der Waals surface area contributed by atoms with Crippen LogP contribution in [0.15, 0.2) is 34.1 Å². The Balaban J connectivity index is 0.00000308. The smallest absolute Gasteiger partial charge is 0.253 e. The number of unbranched alkanes of at least 4 members (excludes halogenated alkanes) is 4. The Labute approximate surface area is 239 Å².